The van der Waals surface area contributed by atoms with Crippen LogP contribution < -0.4 is 0 Å². The number of ether oxygens (including phenoxy) is 1. The number of nitrogens with zero attached hydrogens (tertiary/aromatic N) is 1. The van der Waals surface area contributed by atoms with E-state index < -0.39 is 10.9 Å². The molecule has 6 heteroatoms. The van der Waals surface area contributed by atoms with Crippen LogP contribution in [0.2, 0.25) is 0 Å². The molecule has 1 fully saturated rings. The average molecular weight is 328 g/mol. The highest BCUT2D eigenvalue weighted by atomic mass is 35.5. The Kier molecular flexibility index (Phi) is 7.32. The maximum atomic E-state index is 11.9. The molecule has 1 aromatic rings. The predicted molar refractivity (Wildman–Crippen MR) is 86.4 cm³/mol. The second-order valence-electron chi connectivity index (χ2n) is 5.78. The van der Waals surface area contributed by atoms with Crippen molar-refractivity contribution in [1.82, 2.24) is 0 Å². The lowest BCUT2D eigenvalue weighted by Crippen LogP contribution is -2.21. The first-order valence-electron chi connectivity index (χ1n) is 7.49. The molecular formula is C16H22ClNO4. The van der Waals surface area contributed by atoms with Gasteiger partial charge in [-0.3, -0.25) is 10.1 Å². The number of hydrogen-bond acceptors (Lipinski definition) is 4. The Morgan fingerprint density at radius 1 is 1.27 bits per heavy atom. The van der Waals surface area contributed by atoms with Gasteiger partial charge in [-0.25, -0.2) is 4.79 Å². The first-order chi connectivity index (χ1) is 10.1. The monoisotopic (exact) mass is 327 g/mol. The average Bonchev–Trinajstić information content (AvgIpc) is 2.53. The van der Waals surface area contributed by atoms with Crippen molar-refractivity contribution < 1.29 is 14.5 Å². The van der Waals surface area contributed by atoms with Gasteiger partial charge in [0, 0.05) is 12.1 Å². The van der Waals surface area contributed by atoms with Gasteiger partial charge in [-0.15, -0.1) is 12.4 Å². The predicted octanol–water partition coefficient (Wildman–Crippen LogP) is 4.39. The van der Waals surface area contributed by atoms with E-state index >= 15 is 0 Å². The van der Waals surface area contributed by atoms with E-state index in [0.29, 0.717) is 24.0 Å². The third kappa shape index (κ3) is 4.98. The fourth-order valence-corrected chi connectivity index (χ4v) is 2.85. The number of carbonyl (C=O) groups excluding carboxylic acids is 1. The summed E-state index contributed by atoms with van der Waals surface area (Å²) < 4.78 is 5.33. The number of benzene rings is 1. The van der Waals surface area contributed by atoms with Crippen molar-refractivity contribution in [3.05, 3.63) is 39.9 Å². The Labute approximate surface area is 136 Å². The van der Waals surface area contributed by atoms with Gasteiger partial charge in [0.25, 0.3) is 5.69 Å². The number of esters is 1. The topological polar surface area (TPSA) is 69.4 Å². The van der Waals surface area contributed by atoms with Crippen LogP contribution in [0.5, 0.6) is 0 Å². The van der Waals surface area contributed by atoms with Gasteiger partial charge in [0.15, 0.2) is 0 Å². The molecule has 1 unspecified atom stereocenters. The lowest BCUT2D eigenvalue weighted by atomic mass is 9.81. The molecule has 0 radical (unpaired) electrons. The lowest BCUT2D eigenvalue weighted by Gasteiger charge is -2.27. The highest BCUT2D eigenvalue weighted by Crippen LogP contribution is 2.30. The number of nitro benzene ring substituents is 1. The third-order valence-corrected chi connectivity index (χ3v) is 4.25. The van der Waals surface area contributed by atoms with Crippen molar-refractivity contribution in [1.29, 1.82) is 0 Å². The normalized spacial score (nSPS) is 16.4. The molecule has 1 aliphatic rings. The minimum atomic E-state index is -0.486. The Morgan fingerprint density at radius 3 is 2.41 bits per heavy atom. The van der Waals surface area contributed by atoms with Crippen molar-refractivity contribution in [2.24, 2.45) is 11.8 Å². The molecule has 122 valence electrons. The second-order valence-corrected chi connectivity index (χ2v) is 5.78. The van der Waals surface area contributed by atoms with Crippen molar-refractivity contribution in [3.63, 3.8) is 0 Å². The molecule has 0 amide bonds. The molecule has 22 heavy (non-hydrogen) atoms. The first kappa shape index (κ1) is 18.4. The van der Waals surface area contributed by atoms with Crippen LogP contribution >= 0.6 is 12.4 Å². The fourth-order valence-electron chi connectivity index (χ4n) is 2.85. The largest absolute Gasteiger partial charge is 0.462 e. The summed E-state index contributed by atoms with van der Waals surface area (Å²) in [5.74, 6) is 0.600. The van der Waals surface area contributed by atoms with Gasteiger partial charge < -0.3 is 4.74 Å². The molecule has 0 bridgehead atoms. The van der Waals surface area contributed by atoms with Crippen molar-refractivity contribution >= 4 is 24.1 Å². The van der Waals surface area contributed by atoms with Gasteiger partial charge in [0.2, 0.25) is 0 Å². The molecule has 0 saturated heterocycles. The lowest BCUT2D eigenvalue weighted by molar-refractivity contribution is -0.384. The van der Waals surface area contributed by atoms with Crippen molar-refractivity contribution in [2.75, 3.05) is 6.61 Å². The SMILES string of the molecule is CC(COC(=O)c1ccc([N+](=O)[O-])cc1)C1CCCCC1.Cl. The van der Waals surface area contributed by atoms with Crippen LogP contribution in [0.15, 0.2) is 24.3 Å². The number of carbonyl (C=O) groups is 1. The number of rotatable bonds is 5. The Bertz CT molecular complexity index is 497. The van der Waals surface area contributed by atoms with E-state index in [0.717, 1.165) is 0 Å². The quantitative estimate of drug-likeness (QED) is 0.457. The highest BCUT2D eigenvalue weighted by molar-refractivity contribution is 5.89. The van der Waals surface area contributed by atoms with E-state index in [1.54, 1.807) is 0 Å². The van der Waals surface area contributed by atoms with Crippen LogP contribution in [-0.4, -0.2) is 17.5 Å². The van der Waals surface area contributed by atoms with E-state index in [4.69, 9.17) is 4.74 Å². The molecule has 1 aromatic carbocycles. The number of nitro groups is 1. The van der Waals surface area contributed by atoms with Crippen LogP contribution in [0.4, 0.5) is 5.69 Å². The Morgan fingerprint density at radius 2 is 1.86 bits per heavy atom. The van der Waals surface area contributed by atoms with Crippen LogP contribution in [0.3, 0.4) is 0 Å². The fraction of sp³-hybridized carbons (Fsp3) is 0.562. The minimum Gasteiger partial charge on any atom is -0.462 e. The van der Waals surface area contributed by atoms with E-state index in [2.05, 4.69) is 6.92 Å². The molecule has 0 spiro atoms. The number of halogens is 1. The van der Waals surface area contributed by atoms with Gasteiger partial charge in [-0.1, -0.05) is 39.0 Å². The third-order valence-electron chi connectivity index (χ3n) is 4.25. The summed E-state index contributed by atoms with van der Waals surface area (Å²) in [5, 5.41) is 10.6. The zero-order chi connectivity index (χ0) is 15.2. The van der Waals surface area contributed by atoms with Crippen LogP contribution in [0.1, 0.15) is 49.4 Å². The van der Waals surface area contributed by atoms with Crippen LogP contribution in [0, 0.1) is 22.0 Å². The molecule has 5 nitrogen and oxygen atoms in total. The standard InChI is InChI=1S/C16H21NO4.ClH/c1-12(13-5-3-2-4-6-13)11-21-16(18)14-7-9-15(10-8-14)17(19)20;/h7-10,12-13H,2-6,11H2,1H3;1H. The molecule has 1 saturated carbocycles. The molecule has 2 rings (SSSR count). The van der Waals surface area contributed by atoms with E-state index in [1.807, 2.05) is 0 Å². The van der Waals surface area contributed by atoms with Gasteiger partial charge in [-0.2, -0.15) is 0 Å². The molecule has 0 aliphatic heterocycles. The second kappa shape index (κ2) is 8.73. The molecule has 0 aromatic heterocycles. The van der Waals surface area contributed by atoms with Gasteiger partial charge >= 0.3 is 5.97 Å². The molecular weight excluding hydrogens is 306 g/mol. The minimum absolute atomic E-state index is 0. The molecule has 1 aliphatic carbocycles. The van der Waals surface area contributed by atoms with Gasteiger partial charge in [0.1, 0.15) is 0 Å². The summed E-state index contributed by atoms with van der Waals surface area (Å²) >= 11 is 0. The first-order valence-corrected chi connectivity index (χ1v) is 7.49. The van der Waals surface area contributed by atoms with Crippen LogP contribution in [-0.2, 0) is 4.74 Å². The summed E-state index contributed by atoms with van der Waals surface area (Å²) in [6.45, 7) is 2.54. The number of non-ortho nitro benzene ring substituents is 1. The van der Waals surface area contributed by atoms with E-state index in [1.165, 1.54) is 56.4 Å². The Balaban J connectivity index is 0.00000242. The highest BCUT2D eigenvalue weighted by Gasteiger charge is 2.21. The zero-order valence-electron chi connectivity index (χ0n) is 12.7. The van der Waals surface area contributed by atoms with Crippen LogP contribution in [0.25, 0.3) is 0 Å². The maximum absolute atomic E-state index is 11.9. The summed E-state index contributed by atoms with van der Waals surface area (Å²) in [5.41, 5.74) is 0.332. The summed E-state index contributed by atoms with van der Waals surface area (Å²) in [7, 11) is 0. The molecule has 1 atom stereocenters. The van der Waals surface area contributed by atoms with E-state index in [9.17, 15) is 14.9 Å². The van der Waals surface area contributed by atoms with Crippen molar-refractivity contribution in [2.45, 2.75) is 39.0 Å². The summed E-state index contributed by atoms with van der Waals surface area (Å²) in [6.07, 6.45) is 6.29. The van der Waals surface area contributed by atoms with E-state index in [-0.39, 0.29) is 18.1 Å². The zero-order valence-corrected chi connectivity index (χ0v) is 13.5. The Hall–Kier alpha value is -1.62. The van der Waals surface area contributed by atoms with Gasteiger partial charge in [0.05, 0.1) is 17.1 Å². The number of hydrogen-bond donors (Lipinski definition) is 0. The molecule has 0 heterocycles. The van der Waals surface area contributed by atoms with Crippen molar-refractivity contribution in [3.8, 4) is 0 Å². The summed E-state index contributed by atoms with van der Waals surface area (Å²) in [6, 6.07) is 5.51. The smallest absolute Gasteiger partial charge is 0.338 e. The summed E-state index contributed by atoms with van der Waals surface area (Å²) in [4.78, 5) is 22.0. The molecule has 0 N–H and O–H groups in total. The van der Waals surface area contributed by atoms with Gasteiger partial charge in [-0.05, 0) is 24.0 Å². The maximum Gasteiger partial charge on any atom is 0.338 e.